The van der Waals surface area contributed by atoms with E-state index in [0.717, 1.165) is 29.9 Å². The van der Waals surface area contributed by atoms with Crippen molar-refractivity contribution in [2.45, 2.75) is 45.4 Å². The summed E-state index contributed by atoms with van der Waals surface area (Å²) in [5.41, 5.74) is 4.74. The summed E-state index contributed by atoms with van der Waals surface area (Å²) >= 11 is 1.65. The molecule has 0 fully saturated rings. The Morgan fingerprint density at radius 3 is 2.67 bits per heavy atom. The summed E-state index contributed by atoms with van der Waals surface area (Å²) in [5.74, 6) is 1.20. The van der Waals surface area contributed by atoms with Gasteiger partial charge in [-0.2, -0.15) is 0 Å². The highest BCUT2D eigenvalue weighted by Gasteiger charge is 2.50. The summed E-state index contributed by atoms with van der Waals surface area (Å²) in [6.07, 6.45) is 2.36. The summed E-state index contributed by atoms with van der Waals surface area (Å²) < 4.78 is 0. The third-order valence-electron chi connectivity index (χ3n) is 5.32. The molecule has 1 unspecified atom stereocenters. The molecule has 1 aliphatic heterocycles. The van der Waals surface area contributed by atoms with E-state index in [1.165, 1.54) is 10.4 Å². The zero-order valence-corrected chi connectivity index (χ0v) is 15.2. The number of rotatable bonds is 2. The SMILES string of the molecule is CCC1(c2ccccc2)C2=C(CC(C)(C)CC2=O)Nc2ncsc21. The number of carbonyl (C=O) groups is 1. The predicted molar refractivity (Wildman–Crippen MR) is 98.3 cm³/mol. The number of hydrogen-bond acceptors (Lipinski definition) is 4. The van der Waals surface area contributed by atoms with Gasteiger partial charge in [0.1, 0.15) is 5.82 Å². The zero-order chi connectivity index (χ0) is 16.9. The fraction of sp³-hybridized carbons (Fsp3) is 0.400. The smallest absolute Gasteiger partial charge is 0.162 e. The Balaban J connectivity index is 2.03. The Kier molecular flexibility index (Phi) is 3.43. The number of ketones is 1. The van der Waals surface area contributed by atoms with Gasteiger partial charge in [-0.25, -0.2) is 4.98 Å². The molecule has 1 aromatic carbocycles. The standard InChI is InChI=1S/C20H22N2OS/c1-4-20(13-8-6-5-7-9-13)16-14(10-19(2,3)11-15(16)23)22-18-17(20)24-12-21-18/h5-9,12,22H,4,10-11H2,1-3H3. The number of Topliss-reactive ketones (excluding diaryl/α,β-unsaturated/α-hetero) is 1. The van der Waals surface area contributed by atoms with E-state index in [0.29, 0.717) is 6.42 Å². The minimum absolute atomic E-state index is 0.00733. The molecule has 0 spiro atoms. The Hall–Kier alpha value is -1.94. The lowest BCUT2D eigenvalue weighted by atomic mass is 9.62. The van der Waals surface area contributed by atoms with Crippen LogP contribution in [-0.2, 0) is 10.2 Å². The van der Waals surface area contributed by atoms with Crippen molar-refractivity contribution in [2.75, 3.05) is 5.32 Å². The van der Waals surface area contributed by atoms with E-state index >= 15 is 0 Å². The third kappa shape index (κ3) is 2.09. The molecule has 1 aliphatic carbocycles. The van der Waals surface area contributed by atoms with Gasteiger partial charge in [0.25, 0.3) is 0 Å². The number of nitrogens with zero attached hydrogens (tertiary/aromatic N) is 1. The maximum Gasteiger partial charge on any atom is 0.162 e. The largest absolute Gasteiger partial charge is 0.342 e. The fourth-order valence-electron chi connectivity index (χ4n) is 4.36. The summed E-state index contributed by atoms with van der Waals surface area (Å²) in [5, 5.41) is 3.48. The highest BCUT2D eigenvalue weighted by molar-refractivity contribution is 7.10. The van der Waals surface area contributed by atoms with Crippen LogP contribution in [-0.4, -0.2) is 10.8 Å². The van der Waals surface area contributed by atoms with Gasteiger partial charge in [0.05, 0.1) is 15.8 Å². The number of carbonyl (C=O) groups excluding carboxylic acids is 1. The summed E-state index contributed by atoms with van der Waals surface area (Å²) in [6, 6.07) is 10.5. The van der Waals surface area contributed by atoms with Crippen LogP contribution in [0.3, 0.4) is 0 Å². The maximum atomic E-state index is 13.2. The van der Waals surface area contributed by atoms with Crippen LogP contribution < -0.4 is 5.32 Å². The van der Waals surface area contributed by atoms with Gasteiger partial charge in [-0.3, -0.25) is 4.79 Å². The second-order valence-electron chi connectivity index (χ2n) is 7.57. The van der Waals surface area contributed by atoms with E-state index in [4.69, 9.17) is 0 Å². The average molecular weight is 338 g/mol. The van der Waals surface area contributed by atoms with Crippen LogP contribution in [0, 0.1) is 5.41 Å². The predicted octanol–water partition coefficient (Wildman–Crippen LogP) is 4.91. The van der Waals surface area contributed by atoms with Crippen LogP contribution >= 0.6 is 11.3 Å². The molecule has 4 heteroatoms. The Morgan fingerprint density at radius 2 is 1.96 bits per heavy atom. The van der Waals surface area contributed by atoms with Gasteiger partial charge in [0.15, 0.2) is 5.78 Å². The first-order valence-corrected chi connectivity index (χ1v) is 9.39. The van der Waals surface area contributed by atoms with Gasteiger partial charge in [-0.15, -0.1) is 11.3 Å². The zero-order valence-electron chi connectivity index (χ0n) is 14.3. The number of benzene rings is 1. The van der Waals surface area contributed by atoms with Crippen LogP contribution in [0.1, 0.15) is 50.5 Å². The fourth-order valence-corrected chi connectivity index (χ4v) is 5.40. The monoisotopic (exact) mass is 338 g/mol. The first kappa shape index (κ1) is 15.6. The molecule has 1 aromatic heterocycles. The van der Waals surface area contributed by atoms with E-state index in [1.807, 2.05) is 11.6 Å². The highest BCUT2D eigenvalue weighted by atomic mass is 32.1. The molecule has 4 rings (SSSR count). The number of thiazole rings is 1. The van der Waals surface area contributed by atoms with Crippen molar-refractivity contribution >= 4 is 22.9 Å². The summed E-state index contributed by atoms with van der Waals surface area (Å²) in [4.78, 5) is 18.9. The van der Waals surface area contributed by atoms with E-state index in [2.05, 4.69) is 55.3 Å². The van der Waals surface area contributed by atoms with Crippen molar-refractivity contribution < 1.29 is 4.79 Å². The minimum Gasteiger partial charge on any atom is -0.342 e. The number of anilines is 1. The van der Waals surface area contributed by atoms with E-state index in [1.54, 1.807) is 11.3 Å². The van der Waals surface area contributed by atoms with Gasteiger partial charge in [0.2, 0.25) is 0 Å². The molecular weight excluding hydrogens is 316 g/mol. The van der Waals surface area contributed by atoms with Crippen LogP contribution in [0.2, 0.25) is 0 Å². The normalized spacial score (nSPS) is 25.0. The molecule has 2 aliphatic rings. The van der Waals surface area contributed by atoms with Gasteiger partial charge in [0, 0.05) is 17.7 Å². The Labute approximate surface area is 146 Å². The molecule has 0 saturated carbocycles. The van der Waals surface area contributed by atoms with Crippen LogP contribution in [0.4, 0.5) is 5.82 Å². The lowest BCUT2D eigenvalue weighted by Gasteiger charge is -2.44. The van der Waals surface area contributed by atoms with Crippen molar-refractivity contribution in [1.29, 1.82) is 0 Å². The average Bonchev–Trinajstić information content (AvgIpc) is 3.01. The highest BCUT2D eigenvalue weighted by Crippen LogP contribution is 2.55. The molecule has 2 aromatic rings. The van der Waals surface area contributed by atoms with Crippen molar-refractivity contribution in [3.63, 3.8) is 0 Å². The lowest BCUT2D eigenvalue weighted by molar-refractivity contribution is -0.118. The minimum atomic E-state index is -0.369. The first-order valence-electron chi connectivity index (χ1n) is 8.51. The number of nitrogens with one attached hydrogen (secondary N) is 1. The van der Waals surface area contributed by atoms with E-state index < -0.39 is 0 Å². The molecule has 0 bridgehead atoms. The summed E-state index contributed by atoms with van der Waals surface area (Å²) in [7, 11) is 0. The number of hydrogen-bond donors (Lipinski definition) is 1. The van der Waals surface area contributed by atoms with Crippen molar-refractivity contribution in [3.05, 3.63) is 57.6 Å². The third-order valence-corrected chi connectivity index (χ3v) is 6.31. The van der Waals surface area contributed by atoms with Crippen molar-refractivity contribution in [3.8, 4) is 0 Å². The van der Waals surface area contributed by atoms with E-state index in [-0.39, 0.29) is 16.6 Å². The van der Waals surface area contributed by atoms with Gasteiger partial charge < -0.3 is 5.32 Å². The molecule has 1 N–H and O–H groups in total. The van der Waals surface area contributed by atoms with Crippen LogP contribution in [0.15, 0.2) is 47.1 Å². The van der Waals surface area contributed by atoms with Crippen LogP contribution in [0.25, 0.3) is 0 Å². The molecule has 0 saturated heterocycles. The van der Waals surface area contributed by atoms with E-state index in [9.17, 15) is 4.79 Å². The number of allylic oxidation sites excluding steroid dienone is 2. The second kappa shape index (κ2) is 5.28. The topological polar surface area (TPSA) is 42.0 Å². The molecule has 0 amide bonds. The first-order chi connectivity index (χ1) is 11.5. The van der Waals surface area contributed by atoms with Crippen LogP contribution in [0.5, 0.6) is 0 Å². The molecule has 3 nitrogen and oxygen atoms in total. The summed E-state index contributed by atoms with van der Waals surface area (Å²) in [6.45, 7) is 6.52. The number of fused-ring (bicyclic) bond motifs is 1. The van der Waals surface area contributed by atoms with Crippen molar-refractivity contribution in [1.82, 2.24) is 4.98 Å². The maximum absolute atomic E-state index is 13.2. The quantitative estimate of drug-likeness (QED) is 0.846. The van der Waals surface area contributed by atoms with Gasteiger partial charge in [-0.05, 0) is 23.8 Å². The van der Waals surface area contributed by atoms with Crippen molar-refractivity contribution in [2.24, 2.45) is 5.41 Å². The van der Waals surface area contributed by atoms with Gasteiger partial charge >= 0.3 is 0 Å². The molecule has 0 radical (unpaired) electrons. The molecule has 2 heterocycles. The van der Waals surface area contributed by atoms with Gasteiger partial charge in [-0.1, -0.05) is 51.1 Å². The Bertz CT molecular complexity index is 834. The molecular formula is C20H22N2OS. The molecule has 24 heavy (non-hydrogen) atoms. The second-order valence-corrected chi connectivity index (χ2v) is 8.43. The molecule has 124 valence electrons. The molecule has 1 atom stereocenters. The lowest BCUT2D eigenvalue weighted by Crippen LogP contribution is -2.42. The Morgan fingerprint density at radius 1 is 1.21 bits per heavy atom. The number of aromatic nitrogens is 1.